The number of nitrogens with zero attached hydrogens (tertiary/aromatic N) is 4. The molecule has 148 valence electrons. The maximum atomic E-state index is 10.8. The number of fused-ring (bicyclic) bond motifs is 1. The first-order chi connectivity index (χ1) is 13.5. The number of anilines is 1. The molecule has 28 heavy (non-hydrogen) atoms. The van der Waals surface area contributed by atoms with Crippen molar-refractivity contribution < 1.29 is 9.84 Å². The van der Waals surface area contributed by atoms with Gasteiger partial charge in [0, 0.05) is 72.8 Å². The van der Waals surface area contributed by atoms with Gasteiger partial charge in [0.2, 0.25) is 5.95 Å². The molecule has 1 fully saturated rings. The molecule has 3 heterocycles. The van der Waals surface area contributed by atoms with E-state index in [2.05, 4.69) is 24.8 Å². The smallest absolute Gasteiger partial charge is 0.225 e. The van der Waals surface area contributed by atoms with Crippen molar-refractivity contribution >= 4 is 16.9 Å². The standard InChI is InChI=1S/C21H27N5O2/c1-14-10-15(2)24-21(23-14)26-8-6-25(7-9-26)13-20(27)18-12-22-19-11-16(28-3)4-5-17(18)19/h4-5,10-12,20,22,27H,6-9,13H2,1-3H3. The first-order valence-corrected chi connectivity index (χ1v) is 9.66. The molecule has 0 aliphatic carbocycles. The van der Waals surface area contributed by atoms with Crippen molar-refractivity contribution in [3.63, 3.8) is 0 Å². The number of H-pyrrole nitrogens is 1. The lowest BCUT2D eigenvalue weighted by Gasteiger charge is -2.35. The number of aryl methyl sites for hydroxylation is 2. The van der Waals surface area contributed by atoms with Crippen LogP contribution in [0.2, 0.25) is 0 Å². The summed E-state index contributed by atoms with van der Waals surface area (Å²) in [5.41, 5.74) is 3.90. The maximum Gasteiger partial charge on any atom is 0.225 e. The number of hydrogen-bond donors (Lipinski definition) is 2. The Balaban J connectivity index is 1.39. The van der Waals surface area contributed by atoms with Crippen LogP contribution in [0.15, 0.2) is 30.5 Å². The molecule has 2 aromatic heterocycles. The average molecular weight is 381 g/mol. The van der Waals surface area contributed by atoms with Crippen molar-refractivity contribution in [3.05, 3.63) is 47.4 Å². The fraction of sp³-hybridized carbons (Fsp3) is 0.429. The zero-order chi connectivity index (χ0) is 19.7. The van der Waals surface area contributed by atoms with Gasteiger partial charge in [-0.15, -0.1) is 0 Å². The van der Waals surface area contributed by atoms with Crippen molar-refractivity contribution in [2.75, 3.05) is 44.7 Å². The predicted octanol–water partition coefficient (Wildman–Crippen LogP) is 2.44. The van der Waals surface area contributed by atoms with Gasteiger partial charge in [-0.3, -0.25) is 4.90 Å². The number of β-amino-alcohol motifs (C(OH)–C–C–N with tert-alkyl or cyclic N) is 1. The molecule has 1 saturated heterocycles. The third-order valence-electron chi connectivity index (χ3n) is 5.34. The van der Waals surface area contributed by atoms with Crippen LogP contribution in [0.5, 0.6) is 5.75 Å². The number of aromatic amines is 1. The van der Waals surface area contributed by atoms with Crippen molar-refractivity contribution in [2.45, 2.75) is 20.0 Å². The average Bonchev–Trinajstić information content (AvgIpc) is 3.11. The third-order valence-corrected chi connectivity index (χ3v) is 5.34. The second-order valence-electron chi connectivity index (χ2n) is 7.41. The molecule has 3 aromatic rings. The van der Waals surface area contributed by atoms with Crippen LogP contribution < -0.4 is 9.64 Å². The van der Waals surface area contributed by atoms with Crippen LogP contribution in [0.4, 0.5) is 5.95 Å². The van der Waals surface area contributed by atoms with E-state index in [0.29, 0.717) is 6.54 Å². The number of methoxy groups -OCH3 is 1. The molecule has 1 aliphatic heterocycles. The van der Waals surface area contributed by atoms with Crippen molar-refractivity contribution in [1.29, 1.82) is 0 Å². The normalized spacial score (nSPS) is 16.5. The molecule has 0 saturated carbocycles. The number of ether oxygens (including phenoxy) is 1. The molecule has 0 bridgehead atoms. The number of piperazine rings is 1. The van der Waals surface area contributed by atoms with Gasteiger partial charge in [-0.25, -0.2) is 9.97 Å². The SMILES string of the molecule is COc1ccc2c(C(O)CN3CCN(c4nc(C)cc(C)n4)CC3)c[nH]c2c1. The van der Waals surface area contributed by atoms with Gasteiger partial charge in [-0.1, -0.05) is 0 Å². The Labute approximate surface area is 165 Å². The third kappa shape index (κ3) is 3.81. The Morgan fingerprint density at radius 3 is 2.50 bits per heavy atom. The van der Waals surface area contributed by atoms with E-state index in [1.165, 1.54) is 0 Å². The molecule has 1 aliphatic rings. The summed E-state index contributed by atoms with van der Waals surface area (Å²) < 4.78 is 5.27. The first kappa shape index (κ1) is 18.7. The zero-order valence-corrected chi connectivity index (χ0v) is 16.6. The van der Waals surface area contributed by atoms with Crippen LogP contribution in [0.3, 0.4) is 0 Å². The summed E-state index contributed by atoms with van der Waals surface area (Å²) in [4.78, 5) is 16.9. The predicted molar refractivity (Wildman–Crippen MR) is 110 cm³/mol. The van der Waals surface area contributed by atoms with Crippen LogP contribution in [0.1, 0.15) is 23.1 Å². The number of rotatable bonds is 5. The van der Waals surface area contributed by atoms with Gasteiger partial charge in [0.25, 0.3) is 0 Å². The number of aliphatic hydroxyl groups is 1. The first-order valence-electron chi connectivity index (χ1n) is 9.66. The van der Waals surface area contributed by atoms with Gasteiger partial charge < -0.3 is 19.7 Å². The highest BCUT2D eigenvalue weighted by Crippen LogP contribution is 2.28. The molecule has 7 nitrogen and oxygen atoms in total. The van der Waals surface area contributed by atoms with Crippen LogP contribution >= 0.6 is 0 Å². The van der Waals surface area contributed by atoms with Crippen molar-refractivity contribution in [1.82, 2.24) is 19.9 Å². The Bertz CT molecular complexity index is 942. The summed E-state index contributed by atoms with van der Waals surface area (Å²) in [7, 11) is 1.66. The fourth-order valence-corrected chi connectivity index (χ4v) is 3.85. The van der Waals surface area contributed by atoms with E-state index in [-0.39, 0.29) is 0 Å². The fourth-order valence-electron chi connectivity index (χ4n) is 3.85. The lowest BCUT2D eigenvalue weighted by atomic mass is 10.1. The molecule has 1 aromatic carbocycles. The highest BCUT2D eigenvalue weighted by Gasteiger charge is 2.23. The van der Waals surface area contributed by atoms with Crippen LogP contribution in [0, 0.1) is 13.8 Å². The minimum atomic E-state index is -0.536. The van der Waals surface area contributed by atoms with E-state index < -0.39 is 6.10 Å². The maximum absolute atomic E-state index is 10.8. The van der Waals surface area contributed by atoms with Crippen LogP contribution in [-0.4, -0.2) is 64.8 Å². The summed E-state index contributed by atoms with van der Waals surface area (Å²) in [6, 6.07) is 7.87. The quantitative estimate of drug-likeness (QED) is 0.707. The van der Waals surface area contributed by atoms with Crippen LogP contribution in [0.25, 0.3) is 10.9 Å². The van der Waals surface area contributed by atoms with Gasteiger partial charge in [0.1, 0.15) is 5.75 Å². The topological polar surface area (TPSA) is 77.5 Å². The van der Waals surface area contributed by atoms with Crippen molar-refractivity contribution in [2.24, 2.45) is 0 Å². The monoisotopic (exact) mass is 381 g/mol. The largest absolute Gasteiger partial charge is 0.497 e. The van der Waals surface area contributed by atoms with Crippen LogP contribution in [-0.2, 0) is 0 Å². The second-order valence-corrected chi connectivity index (χ2v) is 7.41. The molecule has 4 rings (SSSR count). The van der Waals surface area contributed by atoms with E-state index in [1.54, 1.807) is 7.11 Å². The van der Waals surface area contributed by atoms with E-state index in [4.69, 9.17) is 4.74 Å². The van der Waals surface area contributed by atoms with E-state index in [9.17, 15) is 5.11 Å². The van der Waals surface area contributed by atoms with Crippen molar-refractivity contribution in [3.8, 4) is 5.75 Å². The number of nitrogens with one attached hydrogen (secondary N) is 1. The molecule has 1 unspecified atom stereocenters. The zero-order valence-electron chi connectivity index (χ0n) is 16.6. The number of benzene rings is 1. The molecule has 1 atom stereocenters. The molecule has 0 radical (unpaired) electrons. The second kappa shape index (κ2) is 7.77. The molecule has 0 amide bonds. The van der Waals surface area contributed by atoms with Gasteiger partial charge in [0.15, 0.2) is 0 Å². The summed E-state index contributed by atoms with van der Waals surface area (Å²) in [6.07, 6.45) is 1.36. The molecular weight excluding hydrogens is 354 g/mol. The molecular formula is C21H27N5O2. The summed E-state index contributed by atoms with van der Waals surface area (Å²) >= 11 is 0. The molecule has 7 heteroatoms. The van der Waals surface area contributed by atoms with E-state index in [0.717, 1.165) is 65.7 Å². The summed E-state index contributed by atoms with van der Waals surface area (Å²) in [5, 5.41) is 11.8. The highest BCUT2D eigenvalue weighted by molar-refractivity contribution is 5.84. The van der Waals surface area contributed by atoms with Gasteiger partial charge in [-0.05, 0) is 32.0 Å². The molecule has 2 N–H and O–H groups in total. The number of aliphatic hydroxyl groups excluding tert-OH is 1. The summed E-state index contributed by atoms with van der Waals surface area (Å²) in [6.45, 7) is 8.10. The minimum Gasteiger partial charge on any atom is -0.497 e. The lowest BCUT2D eigenvalue weighted by molar-refractivity contribution is 0.110. The van der Waals surface area contributed by atoms with Gasteiger partial charge >= 0.3 is 0 Å². The summed E-state index contributed by atoms with van der Waals surface area (Å²) in [5.74, 6) is 1.61. The Morgan fingerprint density at radius 1 is 1.11 bits per heavy atom. The number of hydrogen-bond acceptors (Lipinski definition) is 6. The Kier molecular flexibility index (Phi) is 5.19. The Morgan fingerprint density at radius 2 is 1.82 bits per heavy atom. The van der Waals surface area contributed by atoms with Gasteiger partial charge in [0.05, 0.1) is 13.2 Å². The lowest BCUT2D eigenvalue weighted by Crippen LogP contribution is -2.48. The van der Waals surface area contributed by atoms with Gasteiger partial charge in [-0.2, -0.15) is 0 Å². The number of aromatic nitrogens is 3. The van der Waals surface area contributed by atoms with E-state index in [1.807, 2.05) is 44.3 Å². The van der Waals surface area contributed by atoms with E-state index >= 15 is 0 Å². The highest BCUT2D eigenvalue weighted by atomic mass is 16.5. The Hall–Kier alpha value is -2.64. The minimum absolute atomic E-state index is 0.536. The molecule has 0 spiro atoms.